The number of fused-ring (bicyclic) bond motifs is 1. The molecule has 5 atom stereocenters. The Morgan fingerprint density at radius 2 is 2.09 bits per heavy atom. The first-order valence-corrected chi connectivity index (χ1v) is 8.64. The van der Waals surface area contributed by atoms with Crippen LogP contribution in [0.1, 0.15) is 17.2 Å². The molecule has 0 bridgehead atoms. The molecule has 0 aliphatic carbocycles. The summed E-state index contributed by atoms with van der Waals surface area (Å²) in [4.78, 5) is 3.88. The molecule has 1 aromatic carbocycles. The smallest absolute Gasteiger partial charge is 0.206 e. The molecular weight excluding hydrogens is 314 g/mol. The van der Waals surface area contributed by atoms with Crippen LogP contribution >= 0.6 is 0 Å². The summed E-state index contributed by atoms with van der Waals surface area (Å²) in [7, 11) is -1.40. The summed E-state index contributed by atoms with van der Waals surface area (Å²) in [6.07, 6.45) is 2.04. The van der Waals surface area contributed by atoms with Crippen molar-refractivity contribution >= 4 is 10.8 Å². The van der Waals surface area contributed by atoms with Crippen molar-refractivity contribution in [1.82, 2.24) is 4.98 Å². The number of aliphatic hydroxyl groups is 1. The van der Waals surface area contributed by atoms with Gasteiger partial charge in [-0.05, 0) is 25.1 Å². The minimum absolute atomic E-state index is 0.158. The molecule has 5 nitrogen and oxygen atoms in total. The average Bonchev–Trinajstić information content (AvgIpc) is 3.25. The Morgan fingerprint density at radius 3 is 2.74 bits per heavy atom. The van der Waals surface area contributed by atoms with Crippen LogP contribution < -0.4 is 0 Å². The number of aryl methyl sites for hydroxylation is 1. The van der Waals surface area contributed by atoms with E-state index in [9.17, 15) is 9.32 Å². The van der Waals surface area contributed by atoms with Crippen LogP contribution in [0.2, 0.25) is 0 Å². The molecule has 120 valence electrons. The Kier molecular flexibility index (Phi) is 3.57. The van der Waals surface area contributed by atoms with Gasteiger partial charge in [-0.1, -0.05) is 23.8 Å². The molecular formula is C17H17NO4S. The number of ether oxygens (including phenoxy) is 2. The topological polar surface area (TPSA) is 72.0 Å². The van der Waals surface area contributed by atoms with Gasteiger partial charge in [0.2, 0.25) is 4.93 Å². The predicted octanol–water partition coefficient (Wildman–Crippen LogP) is 1.73. The number of hydrogen-bond acceptors (Lipinski definition) is 5. The first kappa shape index (κ1) is 15.0. The van der Waals surface area contributed by atoms with Crippen LogP contribution in [0.3, 0.4) is 0 Å². The fourth-order valence-electron chi connectivity index (χ4n) is 3.12. The third kappa shape index (κ3) is 2.25. The predicted molar refractivity (Wildman–Crippen MR) is 84.1 cm³/mol. The van der Waals surface area contributed by atoms with Gasteiger partial charge in [-0.3, -0.25) is 9.19 Å². The SMILES string of the molecule is Cc1ccc([S@](=O)[C@@]23O[C@@H]2[C@@H](CO)O[C@H]3c2cccnc2)cc1. The molecule has 0 radical (unpaired) electrons. The second-order valence-corrected chi connectivity index (χ2v) is 7.51. The highest BCUT2D eigenvalue weighted by Crippen LogP contribution is 2.60. The summed E-state index contributed by atoms with van der Waals surface area (Å²) in [6, 6.07) is 11.3. The molecule has 2 fully saturated rings. The zero-order valence-electron chi connectivity index (χ0n) is 12.6. The highest BCUT2D eigenvalue weighted by Gasteiger charge is 2.75. The Balaban J connectivity index is 1.73. The summed E-state index contributed by atoms with van der Waals surface area (Å²) >= 11 is 0. The highest BCUT2D eigenvalue weighted by molar-refractivity contribution is 7.86. The summed E-state index contributed by atoms with van der Waals surface area (Å²) in [5, 5.41) is 9.51. The lowest BCUT2D eigenvalue weighted by molar-refractivity contribution is -0.0584. The summed E-state index contributed by atoms with van der Waals surface area (Å²) in [5.74, 6) is 0. The van der Waals surface area contributed by atoms with Crippen LogP contribution in [0, 0.1) is 6.92 Å². The zero-order valence-corrected chi connectivity index (χ0v) is 13.4. The summed E-state index contributed by atoms with van der Waals surface area (Å²) < 4.78 is 24.9. The Hall–Kier alpha value is -1.60. The van der Waals surface area contributed by atoms with Crippen molar-refractivity contribution in [3.8, 4) is 0 Å². The number of rotatable bonds is 4. The molecule has 2 saturated heterocycles. The van der Waals surface area contributed by atoms with Crippen molar-refractivity contribution in [3.05, 3.63) is 59.9 Å². The quantitative estimate of drug-likeness (QED) is 0.864. The minimum atomic E-state index is -1.40. The molecule has 2 aliphatic heterocycles. The molecule has 1 aromatic heterocycles. The molecule has 0 spiro atoms. The third-order valence-corrected chi connectivity index (χ3v) is 6.18. The molecule has 0 saturated carbocycles. The molecule has 2 aromatic rings. The van der Waals surface area contributed by atoms with Crippen LogP contribution in [0.5, 0.6) is 0 Å². The largest absolute Gasteiger partial charge is 0.394 e. The second kappa shape index (κ2) is 5.49. The normalized spacial score (nSPS) is 33.2. The molecule has 23 heavy (non-hydrogen) atoms. The lowest BCUT2D eigenvalue weighted by Gasteiger charge is -2.21. The van der Waals surface area contributed by atoms with E-state index in [0.29, 0.717) is 4.90 Å². The minimum Gasteiger partial charge on any atom is -0.394 e. The lowest BCUT2D eigenvalue weighted by Crippen LogP contribution is -2.27. The lowest BCUT2D eigenvalue weighted by atomic mass is 10.1. The molecule has 4 rings (SSSR count). The fraction of sp³-hybridized carbons (Fsp3) is 0.353. The van der Waals surface area contributed by atoms with Crippen LogP contribution in [0.15, 0.2) is 53.7 Å². The number of nitrogens with zero attached hydrogens (tertiary/aromatic N) is 1. The summed E-state index contributed by atoms with van der Waals surface area (Å²) in [5.41, 5.74) is 1.92. The summed E-state index contributed by atoms with van der Waals surface area (Å²) in [6.45, 7) is 1.83. The van der Waals surface area contributed by atoms with Gasteiger partial charge in [0, 0.05) is 22.9 Å². The number of epoxide rings is 1. The van der Waals surface area contributed by atoms with Crippen LogP contribution in [-0.2, 0) is 20.3 Å². The van der Waals surface area contributed by atoms with E-state index in [0.717, 1.165) is 11.1 Å². The van der Waals surface area contributed by atoms with Crippen molar-refractivity contribution in [1.29, 1.82) is 0 Å². The van der Waals surface area contributed by atoms with Gasteiger partial charge in [0.05, 0.1) is 17.4 Å². The van der Waals surface area contributed by atoms with E-state index in [4.69, 9.17) is 9.47 Å². The van der Waals surface area contributed by atoms with Gasteiger partial charge in [-0.15, -0.1) is 0 Å². The molecule has 3 heterocycles. The van der Waals surface area contributed by atoms with Crippen molar-refractivity contribution in [2.75, 3.05) is 6.61 Å². The maximum absolute atomic E-state index is 13.2. The van der Waals surface area contributed by atoms with E-state index in [1.54, 1.807) is 12.4 Å². The molecule has 2 aliphatic rings. The Bertz CT molecular complexity index is 736. The van der Waals surface area contributed by atoms with Crippen LogP contribution in [-0.4, -0.2) is 38.0 Å². The molecule has 0 unspecified atom stereocenters. The maximum atomic E-state index is 13.2. The van der Waals surface area contributed by atoms with Crippen molar-refractivity contribution < 1.29 is 18.8 Å². The van der Waals surface area contributed by atoms with E-state index in [1.165, 1.54) is 0 Å². The van der Waals surface area contributed by atoms with Gasteiger partial charge >= 0.3 is 0 Å². The monoisotopic (exact) mass is 331 g/mol. The Morgan fingerprint density at radius 1 is 1.30 bits per heavy atom. The number of hydrogen-bond donors (Lipinski definition) is 1. The van der Waals surface area contributed by atoms with Crippen LogP contribution in [0.25, 0.3) is 0 Å². The van der Waals surface area contributed by atoms with Gasteiger partial charge in [0.1, 0.15) is 18.3 Å². The second-order valence-electron chi connectivity index (χ2n) is 5.87. The standard InChI is InChI=1S/C17H17NO4S/c1-11-4-6-13(7-5-11)23(20)17-15(12-3-2-8-18-9-12)21-14(10-19)16(17)22-17/h2-9,14-16,19H,10H2,1H3/t14-,15+,16-,17-,23+/m1/s1. The van der Waals surface area contributed by atoms with Crippen molar-refractivity contribution in [2.45, 2.75) is 35.1 Å². The maximum Gasteiger partial charge on any atom is 0.206 e. The van der Waals surface area contributed by atoms with E-state index < -0.39 is 27.9 Å². The number of pyridine rings is 1. The first-order chi connectivity index (χ1) is 11.2. The Labute approximate surface area is 136 Å². The van der Waals surface area contributed by atoms with Gasteiger partial charge in [-0.2, -0.15) is 0 Å². The molecule has 6 heteroatoms. The van der Waals surface area contributed by atoms with Gasteiger partial charge in [0.25, 0.3) is 0 Å². The number of aromatic nitrogens is 1. The number of benzene rings is 1. The molecule has 0 amide bonds. The van der Waals surface area contributed by atoms with Gasteiger partial charge < -0.3 is 14.6 Å². The van der Waals surface area contributed by atoms with E-state index in [1.807, 2.05) is 43.3 Å². The van der Waals surface area contributed by atoms with E-state index >= 15 is 0 Å². The zero-order chi connectivity index (χ0) is 16.0. The van der Waals surface area contributed by atoms with E-state index in [-0.39, 0.29) is 12.7 Å². The molecule has 1 N–H and O–H groups in total. The third-order valence-electron chi connectivity index (χ3n) is 4.36. The van der Waals surface area contributed by atoms with Crippen LogP contribution in [0.4, 0.5) is 0 Å². The average molecular weight is 331 g/mol. The number of aliphatic hydroxyl groups excluding tert-OH is 1. The van der Waals surface area contributed by atoms with Gasteiger partial charge in [-0.25, -0.2) is 0 Å². The van der Waals surface area contributed by atoms with E-state index in [2.05, 4.69) is 4.98 Å². The van der Waals surface area contributed by atoms with Crippen molar-refractivity contribution in [2.24, 2.45) is 0 Å². The fourth-order valence-corrected chi connectivity index (χ4v) is 4.82. The van der Waals surface area contributed by atoms with Gasteiger partial charge in [0.15, 0.2) is 0 Å². The highest BCUT2D eigenvalue weighted by atomic mass is 32.2. The first-order valence-electron chi connectivity index (χ1n) is 7.49. The van der Waals surface area contributed by atoms with Crippen molar-refractivity contribution in [3.63, 3.8) is 0 Å².